The smallest absolute Gasteiger partial charge is 0.410 e. The minimum atomic E-state index is -0.533. The third kappa shape index (κ3) is 7.99. The lowest BCUT2D eigenvalue weighted by molar-refractivity contribution is 0.0136. The molecule has 2 amide bonds. The fourth-order valence-electron chi connectivity index (χ4n) is 6.67. The Hall–Kier alpha value is -2.68. The number of carbonyl (C=O) groups is 2. The number of likely N-dealkylation sites (tertiary alicyclic amines) is 1. The van der Waals surface area contributed by atoms with E-state index < -0.39 is 5.60 Å². The number of ether oxygens (including phenoxy) is 2. The van der Waals surface area contributed by atoms with Crippen molar-refractivity contribution in [3.63, 3.8) is 0 Å². The Kier molecular flexibility index (Phi) is 9.52. The number of hydrogen-bond acceptors (Lipinski definition) is 7. The zero-order chi connectivity index (χ0) is 29.0. The molecule has 8 nitrogen and oxygen atoms in total. The van der Waals surface area contributed by atoms with Crippen molar-refractivity contribution in [2.45, 2.75) is 100 Å². The van der Waals surface area contributed by atoms with Crippen molar-refractivity contribution in [1.29, 1.82) is 0 Å². The lowest BCUT2D eigenvalue weighted by Crippen LogP contribution is -2.44. The zero-order valence-corrected chi connectivity index (χ0v) is 25.7. The van der Waals surface area contributed by atoms with Crippen molar-refractivity contribution in [3.8, 4) is 5.88 Å². The molecule has 1 N–H and O–H groups in total. The van der Waals surface area contributed by atoms with Gasteiger partial charge < -0.3 is 24.2 Å². The Morgan fingerprint density at radius 1 is 1.10 bits per heavy atom. The van der Waals surface area contributed by atoms with Crippen LogP contribution in [0.5, 0.6) is 5.88 Å². The Balaban J connectivity index is 1.25. The Labute approximate surface area is 248 Å². The zero-order valence-electron chi connectivity index (χ0n) is 24.9. The van der Waals surface area contributed by atoms with Crippen LogP contribution in [0.15, 0.2) is 44.6 Å². The number of piperidine rings is 1. The second-order valence-electron chi connectivity index (χ2n) is 13.2. The molecule has 2 saturated carbocycles. The summed E-state index contributed by atoms with van der Waals surface area (Å²) in [4.78, 5) is 29.5. The highest BCUT2D eigenvalue weighted by Crippen LogP contribution is 2.44. The van der Waals surface area contributed by atoms with E-state index in [2.05, 4.69) is 17.4 Å². The van der Waals surface area contributed by atoms with E-state index >= 15 is 0 Å². The maximum absolute atomic E-state index is 13.5. The number of aromatic nitrogens is 1. The summed E-state index contributed by atoms with van der Waals surface area (Å²) < 4.78 is 17.4. The Morgan fingerprint density at radius 2 is 1.83 bits per heavy atom. The largest absolute Gasteiger partial charge is 0.474 e. The average Bonchev–Trinajstić information content (AvgIpc) is 3.33. The van der Waals surface area contributed by atoms with Crippen LogP contribution >= 0.6 is 11.8 Å². The van der Waals surface area contributed by atoms with Gasteiger partial charge in [-0.25, -0.2) is 4.79 Å². The molecule has 0 radical (unpaired) electrons. The monoisotopic (exact) mass is 583 g/mol. The lowest BCUT2D eigenvalue weighted by Gasteiger charge is -2.41. The van der Waals surface area contributed by atoms with Crippen LogP contribution in [0.3, 0.4) is 0 Å². The molecule has 4 atom stereocenters. The summed E-state index contributed by atoms with van der Waals surface area (Å²) in [6, 6.07) is 9.94. The molecular weight excluding hydrogens is 538 g/mol. The quantitative estimate of drug-likeness (QED) is 0.352. The maximum Gasteiger partial charge on any atom is 0.410 e. The van der Waals surface area contributed by atoms with Gasteiger partial charge in [-0.2, -0.15) is 0 Å². The van der Waals surface area contributed by atoms with Gasteiger partial charge in [-0.1, -0.05) is 49.2 Å². The van der Waals surface area contributed by atoms with Crippen LogP contribution in [0.1, 0.15) is 89.6 Å². The minimum Gasteiger partial charge on any atom is -0.474 e. The van der Waals surface area contributed by atoms with E-state index in [4.69, 9.17) is 14.0 Å². The summed E-state index contributed by atoms with van der Waals surface area (Å²) in [6.45, 7) is 9.36. The van der Waals surface area contributed by atoms with E-state index in [-0.39, 0.29) is 29.7 Å². The van der Waals surface area contributed by atoms with Gasteiger partial charge in [0.05, 0.1) is 6.61 Å². The standard InChI is InChI=1S/C32H45N3O5S/c1-21(25-17-22-10-8-11-23(16-22)18-25)33-29(36)27-28(41-26-13-6-5-7-14-26)30(34-40-27)38-20-24-12-9-15-35(19-24)31(37)39-32(2,3)4/h5-7,13-14,21-25H,8-12,15-20H2,1-4H3,(H,33,36). The van der Waals surface area contributed by atoms with Gasteiger partial charge in [0.2, 0.25) is 5.76 Å². The van der Waals surface area contributed by atoms with Crippen molar-refractivity contribution in [2.75, 3.05) is 19.7 Å². The number of nitrogens with zero attached hydrogens (tertiary/aromatic N) is 2. The number of rotatable bonds is 8. The number of fused-ring (bicyclic) bond motifs is 2. The molecule has 2 aliphatic carbocycles. The van der Waals surface area contributed by atoms with E-state index in [0.29, 0.717) is 36.4 Å². The molecule has 4 unspecified atom stereocenters. The molecule has 41 heavy (non-hydrogen) atoms. The second kappa shape index (κ2) is 13.1. The number of benzene rings is 1. The van der Waals surface area contributed by atoms with Crippen LogP contribution in [0.2, 0.25) is 0 Å². The molecule has 0 spiro atoms. The van der Waals surface area contributed by atoms with E-state index in [9.17, 15) is 9.59 Å². The van der Waals surface area contributed by atoms with Crippen LogP contribution in [0, 0.1) is 23.7 Å². The molecule has 1 aromatic carbocycles. The summed E-state index contributed by atoms with van der Waals surface area (Å²) in [5.74, 6) is 2.48. The molecule has 5 rings (SSSR count). The molecule has 224 valence electrons. The first-order valence-electron chi connectivity index (χ1n) is 15.3. The van der Waals surface area contributed by atoms with Crippen LogP contribution in [-0.2, 0) is 4.74 Å². The van der Waals surface area contributed by atoms with E-state index in [1.165, 1.54) is 50.3 Å². The van der Waals surface area contributed by atoms with Crippen molar-refractivity contribution < 1.29 is 23.6 Å². The molecule has 2 bridgehead atoms. The van der Waals surface area contributed by atoms with E-state index in [1.54, 1.807) is 4.90 Å². The van der Waals surface area contributed by atoms with Gasteiger partial charge in [-0.3, -0.25) is 4.79 Å². The molecule has 3 fully saturated rings. The summed E-state index contributed by atoms with van der Waals surface area (Å²) >= 11 is 1.42. The van der Waals surface area contributed by atoms with Crippen LogP contribution in [-0.4, -0.2) is 53.4 Å². The topological polar surface area (TPSA) is 93.9 Å². The molecular formula is C32H45N3O5S. The first-order valence-corrected chi connectivity index (χ1v) is 16.1. The van der Waals surface area contributed by atoms with Crippen molar-refractivity contribution in [1.82, 2.24) is 15.4 Å². The maximum atomic E-state index is 13.5. The third-order valence-electron chi connectivity index (χ3n) is 8.65. The highest BCUT2D eigenvalue weighted by atomic mass is 32.2. The van der Waals surface area contributed by atoms with E-state index in [0.717, 1.165) is 29.6 Å². The van der Waals surface area contributed by atoms with Gasteiger partial charge in [-0.05, 0) is 94.8 Å². The van der Waals surface area contributed by atoms with Gasteiger partial charge in [0.25, 0.3) is 11.8 Å². The molecule has 2 heterocycles. The molecule has 1 saturated heterocycles. The summed E-state index contributed by atoms with van der Waals surface area (Å²) in [7, 11) is 0. The van der Waals surface area contributed by atoms with Crippen LogP contribution < -0.4 is 10.1 Å². The predicted molar refractivity (Wildman–Crippen MR) is 158 cm³/mol. The van der Waals surface area contributed by atoms with Gasteiger partial charge in [0, 0.05) is 29.9 Å². The van der Waals surface area contributed by atoms with E-state index in [1.807, 2.05) is 51.1 Å². The lowest BCUT2D eigenvalue weighted by atomic mass is 9.66. The highest BCUT2D eigenvalue weighted by Gasteiger charge is 2.36. The molecule has 1 aromatic heterocycles. The highest BCUT2D eigenvalue weighted by molar-refractivity contribution is 7.99. The Bertz CT molecular complexity index is 1170. The first kappa shape index (κ1) is 29.8. The van der Waals surface area contributed by atoms with Crippen molar-refractivity contribution in [3.05, 3.63) is 36.1 Å². The second-order valence-corrected chi connectivity index (χ2v) is 14.3. The fraction of sp³-hybridized carbons (Fsp3) is 0.656. The number of amides is 2. The van der Waals surface area contributed by atoms with Crippen molar-refractivity contribution in [2.24, 2.45) is 23.7 Å². The van der Waals surface area contributed by atoms with Crippen LogP contribution in [0.4, 0.5) is 4.79 Å². The molecule has 9 heteroatoms. The predicted octanol–water partition coefficient (Wildman–Crippen LogP) is 7.19. The van der Waals surface area contributed by atoms with Gasteiger partial charge >= 0.3 is 6.09 Å². The van der Waals surface area contributed by atoms with Gasteiger partial charge in [-0.15, -0.1) is 0 Å². The van der Waals surface area contributed by atoms with Crippen LogP contribution in [0.25, 0.3) is 0 Å². The third-order valence-corrected chi connectivity index (χ3v) is 9.72. The minimum absolute atomic E-state index is 0.0658. The average molecular weight is 584 g/mol. The Morgan fingerprint density at radius 3 is 2.54 bits per heavy atom. The number of hydrogen-bond donors (Lipinski definition) is 1. The summed E-state index contributed by atoms with van der Waals surface area (Å²) in [5, 5.41) is 7.44. The summed E-state index contributed by atoms with van der Waals surface area (Å²) in [5.41, 5.74) is -0.533. The molecule has 1 aliphatic heterocycles. The fourth-order valence-corrected chi connectivity index (χ4v) is 7.61. The SMILES string of the molecule is CC(NC(=O)c1onc(OCC2CCCN(C(=O)OC(C)(C)C)C2)c1Sc1ccccc1)C1CC2CCCC(C2)C1. The first-order chi connectivity index (χ1) is 19.6. The van der Waals surface area contributed by atoms with Crippen molar-refractivity contribution >= 4 is 23.8 Å². The van der Waals surface area contributed by atoms with Gasteiger partial charge in [0.15, 0.2) is 0 Å². The van der Waals surface area contributed by atoms with Gasteiger partial charge in [0.1, 0.15) is 10.5 Å². The molecule has 2 aromatic rings. The number of carbonyl (C=O) groups excluding carboxylic acids is 2. The number of nitrogens with one attached hydrogen (secondary N) is 1. The molecule has 3 aliphatic rings. The summed E-state index contributed by atoms with van der Waals surface area (Å²) in [6.07, 6.45) is 9.26. The normalized spacial score (nSPS) is 25.3.